The molecular weight excluding hydrogens is 518 g/mol. The minimum absolute atomic E-state index is 0.161. The summed E-state index contributed by atoms with van der Waals surface area (Å²) in [6.07, 6.45) is 7.34. The van der Waals surface area contributed by atoms with Crippen LogP contribution in [0.5, 0.6) is 0 Å². The lowest BCUT2D eigenvalue weighted by Gasteiger charge is -2.37. The average Bonchev–Trinajstić information content (AvgIpc) is 2.80. The molecule has 0 radical (unpaired) electrons. The summed E-state index contributed by atoms with van der Waals surface area (Å²) in [5.41, 5.74) is 8.41. The second kappa shape index (κ2) is 10.5. The number of carbonyl (C=O) groups is 1. The second-order valence-corrected chi connectivity index (χ2v) is 10.6. The van der Waals surface area contributed by atoms with Crippen molar-refractivity contribution < 1.29 is 4.79 Å². The number of rotatable bonds is 5. The summed E-state index contributed by atoms with van der Waals surface area (Å²) in [6.45, 7) is 0. The lowest BCUT2D eigenvalue weighted by molar-refractivity contribution is 0.248. The first-order valence-corrected chi connectivity index (χ1v) is 12.9. The SMILES string of the molecule is CN(C)c1nc(N[C@H]2CC[C@@H](N(C(N)=O)c3c(Cl)c(Cl)cc(Cl)c3Cl)CC2)nc2c1CCCC2. The molecule has 0 saturated heterocycles. The number of benzene rings is 1. The normalized spacial score (nSPS) is 19.9. The zero-order valence-electron chi connectivity index (χ0n) is 19.2. The molecule has 7 nitrogen and oxygen atoms in total. The topological polar surface area (TPSA) is 87.4 Å². The van der Waals surface area contributed by atoms with Crippen LogP contribution in [0.3, 0.4) is 0 Å². The quantitative estimate of drug-likeness (QED) is 0.428. The molecule has 2 aliphatic carbocycles. The van der Waals surface area contributed by atoms with Crippen LogP contribution in [0.4, 0.5) is 22.2 Å². The molecule has 34 heavy (non-hydrogen) atoms. The van der Waals surface area contributed by atoms with Crippen molar-refractivity contribution in [1.29, 1.82) is 0 Å². The number of amides is 2. The number of carbonyl (C=O) groups excluding carboxylic acids is 1. The zero-order chi connectivity index (χ0) is 24.6. The molecular formula is C23H28Cl4N6O. The number of aromatic nitrogens is 2. The highest BCUT2D eigenvalue weighted by molar-refractivity contribution is 6.50. The lowest BCUT2D eigenvalue weighted by Crippen LogP contribution is -2.47. The highest BCUT2D eigenvalue weighted by Crippen LogP contribution is 2.45. The Labute approximate surface area is 219 Å². The Morgan fingerprint density at radius 2 is 1.62 bits per heavy atom. The molecule has 2 aliphatic rings. The van der Waals surface area contributed by atoms with Crippen molar-refractivity contribution in [2.75, 3.05) is 29.2 Å². The van der Waals surface area contributed by atoms with Gasteiger partial charge < -0.3 is 16.0 Å². The highest BCUT2D eigenvalue weighted by Gasteiger charge is 2.33. The van der Waals surface area contributed by atoms with E-state index in [1.807, 2.05) is 14.1 Å². The Kier molecular flexibility index (Phi) is 7.87. The van der Waals surface area contributed by atoms with Crippen LogP contribution in [0, 0.1) is 0 Å². The lowest BCUT2D eigenvalue weighted by atomic mass is 9.90. The molecule has 4 rings (SSSR count). The number of hydrogen-bond acceptors (Lipinski definition) is 5. The van der Waals surface area contributed by atoms with Crippen molar-refractivity contribution in [2.24, 2.45) is 5.73 Å². The van der Waals surface area contributed by atoms with Crippen molar-refractivity contribution >= 4 is 69.9 Å². The first-order valence-electron chi connectivity index (χ1n) is 11.4. The maximum Gasteiger partial charge on any atom is 0.319 e. The largest absolute Gasteiger partial charge is 0.362 e. The Morgan fingerprint density at radius 3 is 2.21 bits per heavy atom. The number of urea groups is 1. The minimum Gasteiger partial charge on any atom is -0.362 e. The second-order valence-electron chi connectivity index (χ2n) is 9.07. The number of nitrogens with one attached hydrogen (secondary N) is 1. The van der Waals surface area contributed by atoms with E-state index < -0.39 is 6.03 Å². The Bertz CT molecular complexity index is 1060. The maximum atomic E-state index is 12.4. The van der Waals surface area contributed by atoms with Crippen LogP contribution in [-0.4, -0.2) is 42.2 Å². The van der Waals surface area contributed by atoms with Crippen LogP contribution in [0.1, 0.15) is 49.8 Å². The van der Waals surface area contributed by atoms with E-state index in [0.29, 0.717) is 18.8 Å². The summed E-state index contributed by atoms with van der Waals surface area (Å²) in [6, 6.07) is 0.809. The summed E-state index contributed by atoms with van der Waals surface area (Å²) >= 11 is 25.2. The van der Waals surface area contributed by atoms with Gasteiger partial charge in [-0.05, 0) is 57.4 Å². The van der Waals surface area contributed by atoms with E-state index in [9.17, 15) is 4.79 Å². The third-order valence-corrected chi connectivity index (χ3v) is 8.10. The fraction of sp³-hybridized carbons (Fsp3) is 0.522. The molecule has 1 aromatic heterocycles. The van der Waals surface area contributed by atoms with E-state index in [2.05, 4.69) is 10.2 Å². The average molecular weight is 546 g/mol. The number of nitrogens with zero attached hydrogens (tertiary/aromatic N) is 4. The number of hydrogen-bond donors (Lipinski definition) is 2. The third kappa shape index (κ3) is 5.13. The minimum atomic E-state index is -0.646. The van der Waals surface area contributed by atoms with Gasteiger partial charge in [-0.1, -0.05) is 46.4 Å². The first-order chi connectivity index (χ1) is 16.2. The summed E-state index contributed by atoms with van der Waals surface area (Å²) < 4.78 is 0. The first kappa shape index (κ1) is 25.4. The van der Waals surface area contributed by atoms with Gasteiger partial charge in [0.2, 0.25) is 5.95 Å². The molecule has 0 unspecified atom stereocenters. The molecule has 0 bridgehead atoms. The van der Waals surface area contributed by atoms with Gasteiger partial charge in [-0.25, -0.2) is 9.78 Å². The van der Waals surface area contributed by atoms with Gasteiger partial charge in [-0.3, -0.25) is 4.90 Å². The molecule has 3 N–H and O–H groups in total. The number of primary amides is 1. The fourth-order valence-corrected chi connectivity index (χ4v) is 5.90. The van der Waals surface area contributed by atoms with Gasteiger partial charge in [0.15, 0.2) is 0 Å². The van der Waals surface area contributed by atoms with Gasteiger partial charge in [0.05, 0.1) is 31.5 Å². The number of nitrogens with two attached hydrogens (primary N) is 1. The fourth-order valence-electron chi connectivity index (χ4n) is 4.91. The molecule has 1 fully saturated rings. The van der Waals surface area contributed by atoms with Crippen LogP contribution in [0.25, 0.3) is 0 Å². The number of fused-ring (bicyclic) bond motifs is 1. The predicted octanol–water partition coefficient (Wildman–Crippen LogP) is 6.34. The molecule has 0 spiro atoms. The Hall–Kier alpha value is -1.67. The standard InChI is InChI=1S/C23H28Cl4N6O/c1-32(2)21-14-5-3-4-6-17(14)30-23(31-21)29-12-7-9-13(10-8-12)33(22(28)34)20-18(26)15(24)11-16(25)19(20)27/h11-13H,3-10H2,1-2H3,(H2,28,34)(H,29,30,31)/t12-,13+. The van der Waals surface area contributed by atoms with Crippen LogP contribution in [0.2, 0.25) is 20.1 Å². The highest BCUT2D eigenvalue weighted by atomic mass is 35.5. The molecule has 11 heteroatoms. The van der Waals surface area contributed by atoms with E-state index in [1.54, 1.807) is 0 Å². The molecule has 0 atom stereocenters. The van der Waals surface area contributed by atoms with Crippen LogP contribution >= 0.6 is 46.4 Å². The van der Waals surface area contributed by atoms with Gasteiger partial charge in [0.1, 0.15) is 5.82 Å². The summed E-state index contributed by atoms with van der Waals surface area (Å²) in [7, 11) is 4.03. The maximum absolute atomic E-state index is 12.4. The predicted molar refractivity (Wildman–Crippen MR) is 141 cm³/mol. The van der Waals surface area contributed by atoms with Crippen molar-refractivity contribution in [1.82, 2.24) is 9.97 Å². The van der Waals surface area contributed by atoms with Crippen molar-refractivity contribution in [3.8, 4) is 0 Å². The molecule has 2 aromatic rings. The van der Waals surface area contributed by atoms with E-state index >= 15 is 0 Å². The van der Waals surface area contributed by atoms with E-state index in [0.717, 1.165) is 43.6 Å². The van der Waals surface area contributed by atoms with Crippen LogP contribution in [-0.2, 0) is 12.8 Å². The number of aryl methyl sites for hydroxylation is 1. The monoisotopic (exact) mass is 544 g/mol. The van der Waals surface area contributed by atoms with E-state index in [-0.39, 0.29) is 37.9 Å². The van der Waals surface area contributed by atoms with E-state index in [4.69, 9.17) is 62.1 Å². The van der Waals surface area contributed by atoms with Gasteiger partial charge in [-0.15, -0.1) is 0 Å². The molecule has 2 amide bonds. The van der Waals surface area contributed by atoms with Crippen molar-refractivity contribution in [3.63, 3.8) is 0 Å². The van der Waals surface area contributed by atoms with Gasteiger partial charge in [-0.2, -0.15) is 4.98 Å². The van der Waals surface area contributed by atoms with Crippen LogP contribution in [0.15, 0.2) is 6.07 Å². The van der Waals surface area contributed by atoms with Gasteiger partial charge >= 0.3 is 6.03 Å². The summed E-state index contributed by atoms with van der Waals surface area (Å²) in [5, 5.41) is 4.27. The van der Waals surface area contributed by atoms with Crippen LogP contribution < -0.4 is 20.9 Å². The molecule has 1 aromatic carbocycles. The molecule has 1 heterocycles. The van der Waals surface area contributed by atoms with Crippen molar-refractivity contribution in [2.45, 2.75) is 63.5 Å². The molecule has 184 valence electrons. The van der Waals surface area contributed by atoms with E-state index in [1.165, 1.54) is 23.0 Å². The summed E-state index contributed by atoms with van der Waals surface area (Å²) in [4.78, 5) is 25.6. The third-order valence-electron chi connectivity index (χ3n) is 6.55. The number of anilines is 3. The molecule has 1 saturated carbocycles. The Morgan fingerprint density at radius 1 is 1.00 bits per heavy atom. The smallest absolute Gasteiger partial charge is 0.319 e. The summed E-state index contributed by atoms with van der Waals surface area (Å²) in [5.74, 6) is 1.65. The van der Waals surface area contributed by atoms with Gasteiger partial charge in [0.25, 0.3) is 0 Å². The molecule has 0 aliphatic heterocycles. The Balaban J connectivity index is 1.50. The van der Waals surface area contributed by atoms with Gasteiger partial charge in [0, 0.05) is 31.7 Å². The van der Waals surface area contributed by atoms with Crippen molar-refractivity contribution in [3.05, 3.63) is 37.4 Å². The number of halogens is 4. The zero-order valence-corrected chi connectivity index (χ0v) is 22.2.